The van der Waals surface area contributed by atoms with E-state index in [1.807, 2.05) is 12.1 Å². The van der Waals surface area contributed by atoms with Crippen molar-refractivity contribution in [3.8, 4) is 0 Å². The zero-order valence-electron chi connectivity index (χ0n) is 17.2. The Morgan fingerprint density at radius 1 is 0.828 bits per heavy atom. The van der Waals surface area contributed by atoms with Gasteiger partial charge in [-0.1, -0.05) is 25.0 Å². The van der Waals surface area contributed by atoms with E-state index in [1.54, 1.807) is 8.61 Å². The predicted molar refractivity (Wildman–Crippen MR) is 119 cm³/mol. The molecule has 0 amide bonds. The molecule has 0 aliphatic carbocycles. The average molecular weight is 438 g/mol. The SMILES string of the molecule is CCn1c(=S)n(CN2CCN(S(=O)(=O)N3CCCCCC3)CC2)c2ccccc21. The summed E-state index contributed by atoms with van der Waals surface area (Å²) in [7, 11) is -3.34. The zero-order valence-corrected chi connectivity index (χ0v) is 18.8. The first kappa shape index (κ1) is 21.0. The van der Waals surface area contributed by atoms with E-state index < -0.39 is 10.2 Å². The number of hydrogen-bond acceptors (Lipinski definition) is 4. The molecule has 2 aliphatic rings. The van der Waals surface area contributed by atoms with Gasteiger partial charge in [0.05, 0.1) is 17.7 Å². The highest BCUT2D eigenvalue weighted by Gasteiger charge is 2.32. The van der Waals surface area contributed by atoms with Gasteiger partial charge in [0, 0.05) is 45.8 Å². The van der Waals surface area contributed by atoms with Crippen LogP contribution in [0, 0.1) is 4.77 Å². The van der Waals surface area contributed by atoms with Crippen LogP contribution >= 0.6 is 12.2 Å². The number of fused-ring (bicyclic) bond motifs is 1. The minimum absolute atomic E-state index is 0.540. The number of rotatable bonds is 5. The van der Waals surface area contributed by atoms with Crippen LogP contribution in [0.4, 0.5) is 0 Å². The van der Waals surface area contributed by atoms with Gasteiger partial charge in [-0.2, -0.15) is 17.0 Å². The van der Waals surface area contributed by atoms with Crippen LogP contribution in [0.1, 0.15) is 32.6 Å². The third-order valence-corrected chi connectivity index (χ3v) is 8.61. The fraction of sp³-hybridized carbons (Fsp3) is 0.650. The fourth-order valence-electron chi connectivity index (χ4n) is 4.45. The van der Waals surface area contributed by atoms with Gasteiger partial charge in [0.2, 0.25) is 0 Å². The molecule has 0 N–H and O–H groups in total. The molecule has 0 spiro atoms. The maximum Gasteiger partial charge on any atom is 0.282 e. The molecule has 160 valence electrons. The van der Waals surface area contributed by atoms with Crippen LogP contribution in [-0.2, 0) is 23.4 Å². The Bertz CT molecular complexity index is 998. The molecule has 7 nitrogen and oxygen atoms in total. The van der Waals surface area contributed by atoms with Gasteiger partial charge in [-0.05, 0) is 44.1 Å². The van der Waals surface area contributed by atoms with Crippen molar-refractivity contribution in [2.45, 2.75) is 45.8 Å². The Labute approximate surface area is 178 Å². The summed E-state index contributed by atoms with van der Waals surface area (Å²) in [6.45, 7) is 7.50. The lowest BCUT2D eigenvalue weighted by Crippen LogP contribution is -2.53. The lowest BCUT2D eigenvalue weighted by molar-refractivity contribution is 0.148. The second-order valence-corrected chi connectivity index (χ2v) is 10.2. The van der Waals surface area contributed by atoms with Crippen LogP contribution in [-0.4, -0.2) is 70.3 Å². The molecule has 4 rings (SSSR count). The van der Waals surface area contributed by atoms with E-state index in [4.69, 9.17) is 12.2 Å². The zero-order chi connectivity index (χ0) is 20.4. The van der Waals surface area contributed by atoms with E-state index in [0.29, 0.717) is 32.8 Å². The highest BCUT2D eigenvalue weighted by molar-refractivity contribution is 7.86. The van der Waals surface area contributed by atoms with Gasteiger partial charge in [0.1, 0.15) is 0 Å². The molecule has 3 heterocycles. The van der Waals surface area contributed by atoms with E-state index in [2.05, 4.69) is 33.1 Å². The Balaban J connectivity index is 1.45. The molecular formula is C20H31N5O2S2. The minimum atomic E-state index is -3.34. The molecule has 2 aliphatic heterocycles. The lowest BCUT2D eigenvalue weighted by atomic mass is 10.2. The molecule has 0 radical (unpaired) electrons. The fourth-order valence-corrected chi connectivity index (χ4v) is 6.51. The average Bonchev–Trinajstić information content (AvgIpc) is 2.91. The second-order valence-electron chi connectivity index (χ2n) is 7.92. The maximum atomic E-state index is 13.0. The maximum absolute atomic E-state index is 13.0. The van der Waals surface area contributed by atoms with Crippen molar-refractivity contribution in [1.29, 1.82) is 0 Å². The van der Waals surface area contributed by atoms with Crippen molar-refractivity contribution in [3.05, 3.63) is 29.0 Å². The van der Waals surface area contributed by atoms with Gasteiger partial charge in [0.25, 0.3) is 10.2 Å². The van der Waals surface area contributed by atoms with Gasteiger partial charge < -0.3 is 9.13 Å². The highest BCUT2D eigenvalue weighted by atomic mass is 32.2. The quantitative estimate of drug-likeness (QED) is 0.675. The lowest BCUT2D eigenvalue weighted by Gasteiger charge is -2.36. The van der Waals surface area contributed by atoms with Gasteiger partial charge in [-0.15, -0.1) is 0 Å². The summed E-state index contributed by atoms with van der Waals surface area (Å²) in [5.74, 6) is 0. The number of nitrogens with zero attached hydrogens (tertiary/aromatic N) is 5. The van der Waals surface area contributed by atoms with Crippen molar-refractivity contribution in [1.82, 2.24) is 22.6 Å². The van der Waals surface area contributed by atoms with Crippen molar-refractivity contribution in [2.75, 3.05) is 39.3 Å². The summed E-state index contributed by atoms with van der Waals surface area (Å²) in [6.07, 6.45) is 4.20. The number of hydrogen-bond donors (Lipinski definition) is 0. The molecule has 0 bridgehead atoms. The van der Waals surface area contributed by atoms with Crippen molar-refractivity contribution in [2.24, 2.45) is 0 Å². The first-order chi connectivity index (χ1) is 14.0. The smallest absolute Gasteiger partial charge is 0.282 e. The van der Waals surface area contributed by atoms with Crippen LogP contribution in [0.25, 0.3) is 11.0 Å². The summed E-state index contributed by atoms with van der Waals surface area (Å²) in [4.78, 5) is 2.30. The van der Waals surface area contributed by atoms with E-state index in [0.717, 1.165) is 61.1 Å². The Morgan fingerprint density at radius 3 is 1.97 bits per heavy atom. The monoisotopic (exact) mass is 437 g/mol. The molecule has 9 heteroatoms. The first-order valence-electron chi connectivity index (χ1n) is 10.7. The van der Waals surface area contributed by atoms with Gasteiger partial charge >= 0.3 is 0 Å². The number of aryl methyl sites for hydroxylation is 1. The van der Waals surface area contributed by atoms with E-state index in [-0.39, 0.29) is 0 Å². The standard InChI is InChI=1S/C20H31N5O2S2/c1-2-24-18-9-5-6-10-19(18)25(20(24)28)17-21-13-15-23(16-14-21)29(26,27)22-11-7-3-4-8-12-22/h5-6,9-10H,2-4,7-8,11-17H2,1H3. The summed E-state index contributed by atoms with van der Waals surface area (Å²) in [6, 6.07) is 8.30. The molecule has 0 saturated carbocycles. The number of piperazine rings is 1. The summed E-state index contributed by atoms with van der Waals surface area (Å²) < 4.78 is 34.6. The third-order valence-electron chi connectivity index (χ3n) is 6.13. The van der Waals surface area contributed by atoms with Crippen LogP contribution in [0.2, 0.25) is 0 Å². The summed E-state index contributed by atoms with van der Waals surface area (Å²) >= 11 is 5.73. The Hall–Kier alpha value is -1.26. The summed E-state index contributed by atoms with van der Waals surface area (Å²) in [5, 5.41) is 0. The van der Waals surface area contributed by atoms with Gasteiger partial charge in [0.15, 0.2) is 4.77 Å². The number of benzene rings is 1. The van der Waals surface area contributed by atoms with Crippen molar-refractivity contribution >= 4 is 33.5 Å². The largest absolute Gasteiger partial charge is 0.317 e. The van der Waals surface area contributed by atoms with E-state index in [9.17, 15) is 8.42 Å². The molecule has 0 atom stereocenters. The summed E-state index contributed by atoms with van der Waals surface area (Å²) in [5.41, 5.74) is 2.29. The van der Waals surface area contributed by atoms with Crippen LogP contribution in [0.15, 0.2) is 24.3 Å². The topological polar surface area (TPSA) is 53.7 Å². The number of imidazole rings is 1. The molecular weight excluding hydrogens is 406 g/mol. The van der Waals surface area contributed by atoms with Crippen LogP contribution < -0.4 is 0 Å². The van der Waals surface area contributed by atoms with E-state index in [1.165, 1.54) is 0 Å². The normalized spacial score (nSPS) is 20.9. The molecule has 0 unspecified atom stereocenters. The predicted octanol–water partition coefficient (Wildman–Crippen LogP) is 2.89. The molecule has 2 saturated heterocycles. The Kier molecular flexibility index (Phi) is 6.41. The highest BCUT2D eigenvalue weighted by Crippen LogP contribution is 2.21. The Morgan fingerprint density at radius 2 is 1.38 bits per heavy atom. The minimum Gasteiger partial charge on any atom is -0.317 e. The number of aromatic nitrogens is 2. The second kappa shape index (κ2) is 8.85. The number of para-hydroxylation sites is 2. The van der Waals surface area contributed by atoms with E-state index >= 15 is 0 Å². The first-order valence-corrected chi connectivity index (χ1v) is 12.5. The van der Waals surface area contributed by atoms with Gasteiger partial charge in [-0.25, -0.2) is 0 Å². The molecule has 1 aromatic carbocycles. The van der Waals surface area contributed by atoms with Crippen molar-refractivity contribution in [3.63, 3.8) is 0 Å². The molecule has 1 aromatic heterocycles. The molecule has 2 aromatic rings. The van der Waals surface area contributed by atoms with Gasteiger partial charge in [-0.3, -0.25) is 4.90 Å². The molecule has 2 fully saturated rings. The van der Waals surface area contributed by atoms with Crippen LogP contribution in [0.5, 0.6) is 0 Å². The third kappa shape index (κ3) is 4.16. The van der Waals surface area contributed by atoms with Crippen LogP contribution in [0.3, 0.4) is 0 Å². The molecule has 29 heavy (non-hydrogen) atoms. The van der Waals surface area contributed by atoms with Crippen molar-refractivity contribution < 1.29 is 8.42 Å².